The molecule has 1 aliphatic rings. The van der Waals surface area contributed by atoms with Crippen LogP contribution < -0.4 is 5.32 Å². The fraction of sp³-hybridized carbons (Fsp3) is 0.368. The maximum Gasteiger partial charge on any atom is 0.0323 e. The van der Waals surface area contributed by atoms with E-state index in [1.165, 1.54) is 36.1 Å². The zero-order chi connectivity index (χ0) is 14.3. The fourth-order valence-electron chi connectivity index (χ4n) is 3.05. The maximum atomic E-state index is 3.77. The molecule has 0 fully saturated rings. The lowest BCUT2D eigenvalue weighted by Gasteiger charge is -2.19. The third-order valence-corrected chi connectivity index (χ3v) is 5.14. The molecule has 0 amide bonds. The van der Waals surface area contributed by atoms with Crippen molar-refractivity contribution in [2.75, 3.05) is 12.3 Å². The molecule has 3 rings (SSSR count). The Morgan fingerprint density at radius 2 is 1.76 bits per heavy atom. The van der Waals surface area contributed by atoms with Crippen LogP contribution in [-0.2, 0) is 6.42 Å². The van der Waals surface area contributed by atoms with E-state index in [-0.39, 0.29) is 0 Å². The second-order valence-corrected chi connectivity index (χ2v) is 6.78. The molecule has 2 aromatic rings. The first kappa shape index (κ1) is 14.7. The minimum absolute atomic E-state index is 0.542. The summed E-state index contributed by atoms with van der Waals surface area (Å²) >= 11 is 1.93. The van der Waals surface area contributed by atoms with E-state index in [2.05, 4.69) is 59.9 Å². The van der Waals surface area contributed by atoms with E-state index >= 15 is 0 Å². The highest BCUT2D eigenvalue weighted by Crippen LogP contribution is 2.28. The van der Waals surface area contributed by atoms with Gasteiger partial charge in [0.15, 0.2) is 0 Å². The molecule has 2 aromatic carbocycles. The van der Waals surface area contributed by atoms with Gasteiger partial charge in [-0.1, -0.05) is 48.9 Å². The summed E-state index contributed by atoms with van der Waals surface area (Å²) in [4.78, 5) is 1.36. The second kappa shape index (κ2) is 7.67. The normalized spacial score (nSPS) is 18.0. The van der Waals surface area contributed by atoms with Crippen molar-refractivity contribution in [3.8, 4) is 0 Å². The van der Waals surface area contributed by atoms with E-state index < -0.39 is 0 Å². The Morgan fingerprint density at radius 1 is 0.952 bits per heavy atom. The summed E-state index contributed by atoms with van der Waals surface area (Å²) in [5.74, 6) is 1.13. The zero-order valence-electron chi connectivity index (χ0n) is 12.4. The molecule has 2 heteroatoms. The first-order valence-corrected chi connectivity index (χ1v) is 8.91. The highest BCUT2D eigenvalue weighted by molar-refractivity contribution is 7.99. The number of fused-ring (bicyclic) bond motifs is 1. The van der Waals surface area contributed by atoms with Gasteiger partial charge in [0.25, 0.3) is 0 Å². The van der Waals surface area contributed by atoms with Crippen molar-refractivity contribution in [3.63, 3.8) is 0 Å². The van der Waals surface area contributed by atoms with Gasteiger partial charge < -0.3 is 5.32 Å². The van der Waals surface area contributed by atoms with Crippen molar-refractivity contribution in [1.82, 2.24) is 5.32 Å². The minimum atomic E-state index is 0.542. The number of rotatable bonds is 5. The van der Waals surface area contributed by atoms with Gasteiger partial charge in [-0.05, 0) is 42.5 Å². The molecule has 1 atom stereocenters. The molecule has 0 saturated heterocycles. The lowest BCUT2D eigenvalue weighted by molar-refractivity contribution is 0.505. The van der Waals surface area contributed by atoms with Crippen molar-refractivity contribution in [1.29, 1.82) is 0 Å². The van der Waals surface area contributed by atoms with Gasteiger partial charge in [-0.15, -0.1) is 11.8 Å². The van der Waals surface area contributed by atoms with Gasteiger partial charge in [0.1, 0.15) is 0 Å². The topological polar surface area (TPSA) is 12.0 Å². The fourth-order valence-corrected chi connectivity index (χ4v) is 3.86. The molecule has 0 saturated carbocycles. The van der Waals surface area contributed by atoms with E-state index in [1.807, 2.05) is 11.8 Å². The summed E-state index contributed by atoms with van der Waals surface area (Å²) in [7, 11) is 0. The summed E-state index contributed by atoms with van der Waals surface area (Å²) in [5.41, 5.74) is 3.07. The predicted octanol–water partition coefficient (Wildman–Crippen LogP) is 4.84. The molecule has 0 radical (unpaired) electrons. The van der Waals surface area contributed by atoms with Crippen LogP contribution in [-0.4, -0.2) is 12.3 Å². The number of thioether (sulfide) groups is 1. The lowest BCUT2D eigenvalue weighted by atomic mass is 9.99. The van der Waals surface area contributed by atoms with Gasteiger partial charge in [-0.2, -0.15) is 0 Å². The van der Waals surface area contributed by atoms with Crippen molar-refractivity contribution < 1.29 is 0 Å². The Labute approximate surface area is 132 Å². The standard InChI is InChI=1S/C19H23NS/c1-2-10-17(11-3-1)21-15-14-20-19-13-7-5-9-16-8-4-6-12-18(16)19/h1-4,6,8,10-12,19-20H,5,7,9,13-15H2. The Morgan fingerprint density at radius 3 is 2.67 bits per heavy atom. The van der Waals surface area contributed by atoms with E-state index in [4.69, 9.17) is 0 Å². The molecule has 1 N–H and O–H groups in total. The van der Waals surface area contributed by atoms with Gasteiger partial charge in [0, 0.05) is 23.2 Å². The number of nitrogens with one attached hydrogen (secondary N) is 1. The van der Waals surface area contributed by atoms with Crippen LogP contribution in [0.4, 0.5) is 0 Å². The van der Waals surface area contributed by atoms with E-state index in [9.17, 15) is 0 Å². The largest absolute Gasteiger partial charge is 0.309 e. The molecule has 0 aliphatic heterocycles. The van der Waals surface area contributed by atoms with Crippen LogP contribution in [0.2, 0.25) is 0 Å². The maximum absolute atomic E-state index is 3.77. The van der Waals surface area contributed by atoms with E-state index in [0.717, 1.165) is 12.3 Å². The Bertz CT molecular complexity index is 553. The summed E-state index contributed by atoms with van der Waals surface area (Å²) < 4.78 is 0. The third kappa shape index (κ3) is 4.12. The molecule has 1 unspecified atom stereocenters. The minimum Gasteiger partial charge on any atom is -0.309 e. The first-order chi connectivity index (χ1) is 10.4. The SMILES string of the molecule is c1ccc(SCCNC2CCCCc3ccccc32)cc1. The molecule has 1 nitrogen and oxygen atoms in total. The van der Waals surface area contributed by atoms with Crippen LogP contribution in [0.25, 0.3) is 0 Å². The van der Waals surface area contributed by atoms with Crippen molar-refractivity contribution in [2.24, 2.45) is 0 Å². The van der Waals surface area contributed by atoms with Crippen LogP contribution >= 0.6 is 11.8 Å². The smallest absolute Gasteiger partial charge is 0.0323 e. The van der Waals surface area contributed by atoms with E-state index in [1.54, 1.807) is 5.56 Å². The van der Waals surface area contributed by atoms with E-state index in [0.29, 0.717) is 6.04 Å². The third-order valence-electron chi connectivity index (χ3n) is 4.12. The Balaban J connectivity index is 1.53. The summed E-state index contributed by atoms with van der Waals surface area (Å²) in [5, 5.41) is 3.77. The molecule has 0 bridgehead atoms. The molecule has 110 valence electrons. The Kier molecular flexibility index (Phi) is 5.36. The van der Waals surface area contributed by atoms with Crippen LogP contribution in [0.5, 0.6) is 0 Å². The summed E-state index contributed by atoms with van der Waals surface area (Å²) in [6.45, 7) is 1.07. The molecular weight excluding hydrogens is 274 g/mol. The van der Waals surface area contributed by atoms with Gasteiger partial charge in [-0.25, -0.2) is 0 Å². The average molecular weight is 297 g/mol. The van der Waals surface area contributed by atoms with Crippen LogP contribution in [0.15, 0.2) is 59.5 Å². The predicted molar refractivity (Wildman–Crippen MR) is 91.9 cm³/mol. The van der Waals surface area contributed by atoms with Crippen LogP contribution in [0.3, 0.4) is 0 Å². The van der Waals surface area contributed by atoms with Crippen LogP contribution in [0, 0.1) is 0 Å². The van der Waals surface area contributed by atoms with Crippen LogP contribution in [0.1, 0.15) is 36.4 Å². The molecule has 0 aromatic heterocycles. The monoisotopic (exact) mass is 297 g/mol. The quantitative estimate of drug-likeness (QED) is 0.481. The average Bonchev–Trinajstić information content (AvgIpc) is 2.75. The van der Waals surface area contributed by atoms with Crippen molar-refractivity contribution >= 4 is 11.8 Å². The van der Waals surface area contributed by atoms with Gasteiger partial charge in [0.05, 0.1) is 0 Å². The number of hydrogen-bond donors (Lipinski definition) is 1. The van der Waals surface area contributed by atoms with Gasteiger partial charge in [-0.3, -0.25) is 0 Å². The van der Waals surface area contributed by atoms with Crippen molar-refractivity contribution in [3.05, 3.63) is 65.7 Å². The number of benzene rings is 2. The number of hydrogen-bond acceptors (Lipinski definition) is 2. The molecule has 0 spiro atoms. The highest BCUT2D eigenvalue weighted by Gasteiger charge is 2.17. The van der Waals surface area contributed by atoms with Gasteiger partial charge >= 0.3 is 0 Å². The summed E-state index contributed by atoms with van der Waals surface area (Å²) in [6.07, 6.45) is 5.17. The molecule has 21 heavy (non-hydrogen) atoms. The highest BCUT2D eigenvalue weighted by atomic mass is 32.2. The van der Waals surface area contributed by atoms with Crippen molar-refractivity contribution in [2.45, 2.75) is 36.6 Å². The summed E-state index contributed by atoms with van der Waals surface area (Å²) in [6, 6.07) is 20.2. The Hall–Kier alpha value is -1.25. The molecular formula is C19H23NS. The second-order valence-electron chi connectivity index (χ2n) is 5.61. The first-order valence-electron chi connectivity index (χ1n) is 7.92. The molecule has 1 aliphatic carbocycles. The molecule has 0 heterocycles. The number of aryl methyl sites for hydroxylation is 1. The lowest BCUT2D eigenvalue weighted by Crippen LogP contribution is -2.24. The zero-order valence-corrected chi connectivity index (χ0v) is 13.2. The van der Waals surface area contributed by atoms with Gasteiger partial charge in [0.2, 0.25) is 0 Å².